The van der Waals surface area contributed by atoms with E-state index in [9.17, 15) is 10.0 Å². The molecule has 1 aliphatic heterocycles. The van der Waals surface area contributed by atoms with Crippen LogP contribution in [0.1, 0.15) is 44.5 Å². The smallest absolute Gasteiger partial charge is 0.250 e. The maximum atomic E-state index is 11.5. The van der Waals surface area contributed by atoms with Gasteiger partial charge in [-0.1, -0.05) is 29.5 Å². The number of fused-ring (bicyclic) bond motifs is 1. The van der Waals surface area contributed by atoms with Crippen molar-refractivity contribution in [2.24, 2.45) is 5.73 Å². The Hall–Kier alpha value is -1.83. The van der Waals surface area contributed by atoms with Crippen LogP contribution in [0.4, 0.5) is 0 Å². The Bertz CT molecular complexity index is 854. The van der Waals surface area contributed by atoms with Gasteiger partial charge in [0.15, 0.2) is 5.16 Å². The van der Waals surface area contributed by atoms with Crippen molar-refractivity contribution < 1.29 is 10.0 Å². The van der Waals surface area contributed by atoms with Crippen molar-refractivity contribution in [3.8, 4) is 0 Å². The number of carbonyl (C=O) groups is 1. The third-order valence-electron chi connectivity index (χ3n) is 4.49. The van der Waals surface area contributed by atoms with Gasteiger partial charge in [-0.15, -0.1) is 0 Å². The average Bonchev–Trinajstić information content (AvgIpc) is 2.92. The molecule has 4 N–H and O–H groups in total. The molecular formula is C18H24N4O2S. The monoisotopic (exact) mass is 360 g/mol. The van der Waals surface area contributed by atoms with E-state index in [0.717, 1.165) is 22.8 Å². The summed E-state index contributed by atoms with van der Waals surface area (Å²) in [5.74, 6) is 0.294. The summed E-state index contributed by atoms with van der Waals surface area (Å²) in [6.07, 6.45) is 2.90. The number of nitrogens with one attached hydrogen (secondary N) is 1. The highest BCUT2D eigenvalue weighted by atomic mass is 32.2. The van der Waals surface area contributed by atoms with Gasteiger partial charge in [0.2, 0.25) is 0 Å². The Morgan fingerprint density at radius 3 is 2.76 bits per heavy atom. The molecule has 0 bridgehead atoms. The largest absolute Gasteiger partial charge is 0.366 e. The summed E-state index contributed by atoms with van der Waals surface area (Å²) < 4.78 is 0. The maximum Gasteiger partial charge on any atom is 0.250 e. The number of benzene rings is 1. The van der Waals surface area contributed by atoms with E-state index >= 15 is 0 Å². The molecule has 0 atom stereocenters. The van der Waals surface area contributed by atoms with Gasteiger partial charge in [-0.05, 0) is 46.2 Å². The number of thioether (sulfide) groups is 1. The number of hydroxylamine groups is 2. The number of aromatic nitrogens is 2. The highest BCUT2D eigenvalue weighted by Crippen LogP contribution is 2.37. The van der Waals surface area contributed by atoms with Crippen molar-refractivity contribution in [2.75, 3.05) is 5.75 Å². The molecular weight excluding hydrogens is 336 g/mol. The molecule has 0 fully saturated rings. The minimum Gasteiger partial charge on any atom is -0.366 e. The van der Waals surface area contributed by atoms with Crippen LogP contribution in [0.2, 0.25) is 0 Å². The fourth-order valence-electron chi connectivity index (χ4n) is 3.55. The predicted molar refractivity (Wildman–Crippen MR) is 99.8 cm³/mol. The van der Waals surface area contributed by atoms with Gasteiger partial charge in [0, 0.05) is 11.3 Å². The zero-order chi connectivity index (χ0) is 18.4. The van der Waals surface area contributed by atoms with E-state index in [1.165, 1.54) is 10.6 Å². The molecule has 0 aliphatic carbocycles. The number of nitrogens with two attached hydrogens (primary N) is 1. The number of para-hydroxylation sites is 1. The van der Waals surface area contributed by atoms with Crippen LogP contribution in [0.15, 0.2) is 35.0 Å². The molecule has 0 unspecified atom stereocenters. The second-order valence-electron chi connectivity index (χ2n) is 7.65. The summed E-state index contributed by atoms with van der Waals surface area (Å²) >= 11 is 1.59. The van der Waals surface area contributed by atoms with Crippen molar-refractivity contribution in [1.29, 1.82) is 0 Å². The summed E-state index contributed by atoms with van der Waals surface area (Å²) in [4.78, 5) is 19.3. The van der Waals surface area contributed by atoms with Crippen LogP contribution in [0, 0.1) is 0 Å². The fourth-order valence-corrected chi connectivity index (χ4v) is 4.40. The van der Waals surface area contributed by atoms with Crippen molar-refractivity contribution in [2.45, 2.75) is 50.4 Å². The zero-order valence-electron chi connectivity index (χ0n) is 15.0. The minimum absolute atomic E-state index is 0.318. The molecule has 0 saturated heterocycles. The average molecular weight is 360 g/mol. The molecule has 3 rings (SSSR count). The van der Waals surface area contributed by atoms with Gasteiger partial charge in [0.1, 0.15) is 5.52 Å². The first-order valence-corrected chi connectivity index (χ1v) is 9.20. The van der Waals surface area contributed by atoms with E-state index in [-0.39, 0.29) is 5.54 Å². The van der Waals surface area contributed by atoms with Gasteiger partial charge in [-0.3, -0.25) is 4.79 Å². The van der Waals surface area contributed by atoms with E-state index in [0.29, 0.717) is 11.1 Å². The fraction of sp³-hybridized carbons (Fsp3) is 0.444. The number of hydrogen-bond donors (Lipinski definition) is 3. The lowest BCUT2D eigenvalue weighted by Gasteiger charge is -2.47. The predicted octanol–water partition coefficient (Wildman–Crippen LogP) is 3.33. The van der Waals surface area contributed by atoms with Gasteiger partial charge in [-0.2, -0.15) is 5.06 Å². The van der Waals surface area contributed by atoms with Crippen molar-refractivity contribution in [3.63, 3.8) is 0 Å². The summed E-state index contributed by atoms with van der Waals surface area (Å²) in [7, 11) is 0. The van der Waals surface area contributed by atoms with Crippen LogP contribution in [0.3, 0.4) is 0 Å². The summed E-state index contributed by atoms with van der Waals surface area (Å²) in [6, 6.07) is 5.36. The normalized spacial score (nSPS) is 19.8. The van der Waals surface area contributed by atoms with Crippen LogP contribution in [0.5, 0.6) is 0 Å². The Labute approximate surface area is 151 Å². The Kier molecular flexibility index (Phi) is 4.43. The van der Waals surface area contributed by atoms with Crippen LogP contribution in [-0.2, 0) is 0 Å². The number of rotatable bonds is 4. The molecule has 0 spiro atoms. The number of primary amides is 1. The second kappa shape index (κ2) is 6.16. The van der Waals surface area contributed by atoms with E-state index in [1.807, 2.05) is 33.8 Å². The third-order valence-corrected chi connectivity index (χ3v) is 5.47. The molecule has 2 aromatic rings. The summed E-state index contributed by atoms with van der Waals surface area (Å²) in [5.41, 5.74) is 7.79. The summed E-state index contributed by atoms with van der Waals surface area (Å²) in [5, 5.41) is 12.5. The number of carbonyl (C=O) groups excluding carboxylic acids is 1. The van der Waals surface area contributed by atoms with Crippen LogP contribution in [0.25, 0.3) is 11.0 Å². The van der Waals surface area contributed by atoms with Gasteiger partial charge < -0.3 is 15.9 Å². The molecule has 2 heterocycles. The van der Waals surface area contributed by atoms with Crippen LogP contribution in [-0.4, -0.2) is 43.0 Å². The zero-order valence-corrected chi connectivity index (χ0v) is 15.8. The van der Waals surface area contributed by atoms with E-state index in [2.05, 4.69) is 16.0 Å². The maximum absolute atomic E-state index is 11.5. The van der Waals surface area contributed by atoms with Crippen molar-refractivity contribution >= 4 is 28.7 Å². The molecule has 1 aromatic carbocycles. The van der Waals surface area contributed by atoms with E-state index in [4.69, 9.17) is 5.73 Å². The van der Waals surface area contributed by atoms with Gasteiger partial charge in [0.05, 0.1) is 16.6 Å². The number of amides is 1. The second-order valence-corrected chi connectivity index (χ2v) is 8.62. The summed E-state index contributed by atoms with van der Waals surface area (Å²) in [6.45, 7) is 8.07. The topological polar surface area (TPSA) is 95.2 Å². The van der Waals surface area contributed by atoms with Gasteiger partial charge >= 0.3 is 0 Å². The highest BCUT2D eigenvalue weighted by molar-refractivity contribution is 7.99. The molecule has 0 radical (unpaired) electrons. The van der Waals surface area contributed by atoms with Gasteiger partial charge in [-0.25, -0.2) is 4.98 Å². The first-order valence-electron chi connectivity index (χ1n) is 8.21. The standard InChI is InChI=1S/C18H24N4O2S/c1-17(2)8-11(9-18(3,4)22(17)24)10-25-16-20-13-7-5-6-12(15(19)23)14(13)21-16/h5-8,24H,9-10H2,1-4H3,(H2,19,23)(H,20,21). The lowest BCUT2D eigenvalue weighted by atomic mass is 9.83. The number of nitrogens with zero attached hydrogens (tertiary/aromatic N) is 2. The Morgan fingerprint density at radius 2 is 2.12 bits per heavy atom. The lowest BCUT2D eigenvalue weighted by Crippen LogP contribution is -2.55. The number of imidazole rings is 1. The molecule has 25 heavy (non-hydrogen) atoms. The molecule has 1 aromatic heterocycles. The number of hydrogen-bond acceptors (Lipinski definition) is 5. The van der Waals surface area contributed by atoms with E-state index in [1.54, 1.807) is 23.9 Å². The molecule has 6 nitrogen and oxygen atoms in total. The SMILES string of the molecule is CC1(C)C=C(CSc2nc3c(C(N)=O)cccc3[nH]2)CC(C)(C)N1O. The molecule has 7 heteroatoms. The first-order chi connectivity index (χ1) is 11.6. The van der Waals surface area contributed by atoms with Gasteiger partial charge in [0.25, 0.3) is 5.91 Å². The van der Waals surface area contributed by atoms with Crippen molar-refractivity contribution in [1.82, 2.24) is 15.0 Å². The van der Waals surface area contributed by atoms with Crippen LogP contribution >= 0.6 is 11.8 Å². The molecule has 1 amide bonds. The minimum atomic E-state index is -0.477. The molecule has 0 saturated carbocycles. The number of aromatic amines is 1. The molecule has 1 aliphatic rings. The Balaban J connectivity index is 1.81. The van der Waals surface area contributed by atoms with E-state index < -0.39 is 11.4 Å². The quantitative estimate of drug-likeness (QED) is 0.574. The van der Waals surface area contributed by atoms with Crippen LogP contribution < -0.4 is 5.73 Å². The number of H-pyrrole nitrogens is 1. The highest BCUT2D eigenvalue weighted by Gasteiger charge is 2.40. The Morgan fingerprint density at radius 1 is 1.40 bits per heavy atom. The molecule has 134 valence electrons. The van der Waals surface area contributed by atoms with Crippen molar-refractivity contribution in [3.05, 3.63) is 35.4 Å². The first kappa shape index (κ1) is 18.0. The lowest BCUT2D eigenvalue weighted by molar-refractivity contribution is -0.213. The third kappa shape index (κ3) is 3.44.